The fourth-order valence-corrected chi connectivity index (χ4v) is 5.01. The molecule has 1 saturated heterocycles. The van der Waals surface area contributed by atoms with Crippen LogP contribution in [0.15, 0.2) is 66.7 Å². The maximum Gasteiger partial charge on any atom is 0.264 e. The average molecular weight is 403 g/mol. The number of nitrogens with zero attached hydrogens (tertiary/aromatic N) is 4. The Labute approximate surface area is 173 Å². The third kappa shape index (κ3) is 3.29. The predicted octanol–water partition coefficient (Wildman–Crippen LogP) is 4.36. The molecule has 0 atom stereocenters. The van der Waals surface area contributed by atoms with Gasteiger partial charge in [0.2, 0.25) is 0 Å². The minimum absolute atomic E-state index is 0.123. The number of fused-ring (bicyclic) bond motifs is 1. The van der Waals surface area contributed by atoms with E-state index in [9.17, 15) is 4.79 Å². The van der Waals surface area contributed by atoms with Crippen LogP contribution in [0.5, 0.6) is 0 Å². The third-order valence-electron chi connectivity index (χ3n) is 5.44. The SMILES string of the molecule is Cc1nn(-c2ccccc2)c2sc(C(=O)N3CCN(c4ccccc4)CC3)cc12. The van der Waals surface area contributed by atoms with Gasteiger partial charge < -0.3 is 9.80 Å². The molecule has 0 saturated carbocycles. The van der Waals surface area contributed by atoms with Crippen molar-refractivity contribution >= 4 is 33.1 Å². The summed E-state index contributed by atoms with van der Waals surface area (Å²) in [5, 5.41) is 5.73. The van der Waals surface area contributed by atoms with E-state index in [1.54, 1.807) is 0 Å². The van der Waals surface area contributed by atoms with E-state index in [-0.39, 0.29) is 5.91 Å². The number of rotatable bonds is 3. The Hall–Kier alpha value is -3.12. The van der Waals surface area contributed by atoms with Crippen molar-refractivity contribution in [1.29, 1.82) is 0 Å². The first kappa shape index (κ1) is 17.9. The first-order valence-electron chi connectivity index (χ1n) is 9.84. The molecule has 1 amide bonds. The number of para-hydroxylation sites is 2. The Balaban J connectivity index is 1.37. The number of piperazine rings is 1. The highest BCUT2D eigenvalue weighted by atomic mass is 32.1. The normalized spacial score (nSPS) is 14.5. The molecule has 6 heteroatoms. The van der Waals surface area contributed by atoms with Crippen LogP contribution < -0.4 is 4.90 Å². The standard InChI is InChI=1S/C23H22N4OS/c1-17-20-16-21(29-23(20)27(24-17)19-10-6-3-7-11-19)22(28)26-14-12-25(13-15-26)18-8-4-2-5-9-18/h2-11,16H,12-15H2,1H3. The highest BCUT2D eigenvalue weighted by Gasteiger charge is 2.25. The van der Waals surface area contributed by atoms with Gasteiger partial charge in [0.25, 0.3) is 5.91 Å². The lowest BCUT2D eigenvalue weighted by atomic mass is 10.2. The van der Waals surface area contributed by atoms with Gasteiger partial charge in [0.15, 0.2) is 0 Å². The van der Waals surface area contributed by atoms with E-state index in [0.29, 0.717) is 0 Å². The Kier molecular flexibility index (Phi) is 4.56. The number of hydrogen-bond donors (Lipinski definition) is 0. The minimum Gasteiger partial charge on any atom is -0.368 e. The highest BCUT2D eigenvalue weighted by Crippen LogP contribution is 2.31. The molecule has 2 aromatic carbocycles. The van der Waals surface area contributed by atoms with Crippen molar-refractivity contribution in [3.63, 3.8) is 0 Å². The Morgan fingerprint density at radius 3 is 2.17 bits per heavy atom. The second kappa shape index (κ2) is 7.37. The molecular formula is C23H22N4OS. The van der Waals surface area contributed by atoms with Crippen LogP contribution in [0.2, 0.25) is 0 Å². The summed E-state index contributed by atoms with van der Waals surface area (Å²) in [5.41, 5.74) is 3.19. The summed E-state index contributed by atoms with van der Waals surface area (Å²) < 4.78 is 1.94. The number of aromatic nitrogens is 2. The average Bonchev–Trinajstić information content (AvgIpc) is 3.35. The summed E-state index contributed by atoms with van der Waals surface area (Å²) in [6.45, 7) is 5.20. The summed E-state index contributed by atoms with van der Waals surface area (Å²) in [6.07, 6.45) is 0. The molecule has 4 aromatic rings. The molecule has 0 aliphatic carbocycles. The van der Waals surface area contributed by atoms with Crippen LogP contribution in [-0.4, -0.2) is 46.8 Å². The van der Waals surface area contributed by atoms with Crippen LogP contribution in [0.4, 0.5) is 5.69 Å². The summed E-state index contributed by atoms with van der Waals surface area (Å²) in [4.78, 5) is 19.3. The second-order valence-electron chi connectivity index (χ2n) is 7.28. The van der Waals surface area contributed by atoms with Gasteiger partial charge in [-0.3, -0.25) is 4.79 Å². The molecule has 5 rings (SSSR count). The smallest absolute Gasteiger partial charge is 0.264 e. The highest BCUT2D eigenvalue weighted by molar-refractivity contribution is 7.20. The lowest BCUT2D eigenvalue weighted by Gasteiger charge is -2.35. The van der Waals surface area contributed by atoms with Gasteiger partial charge in [0, 0.05) is 37.3 Å². The maximum absolute atomic E-state index is 13.2. The van der Waals surface area contributed by atoms with E-state index in [1.807, 2.05) is 59.0 Å². The molecule has 0 N–H and O–H groups in total. The Morgan fingerprint density at radius 1 is 0.897 bits per heavy atom. The molecular weight excluding hydrogens is 380 g/mol. The molecule has 29 heavy (non-hydrogen) atoms. The van der Waals surface area contributed by atoms with Gasteiger partial charge in [-0.05, 0) is 37.3 Å². The van der Waals surface area contributed by atoms with Crippen LogP contribution in [0.1, 0.15) is 15.4 Å². The van der Waals surface area contributed by atoms with Crippen LogP contribution in [-0.2, 0) is 0 Å². The van der Waals surface area contributed by atoms with Gasteiger partial charge in [-0.15, -0.1) is 11.3 Å². The van der Waals surface area contributed by atoms with E-state index in [4.69, 9.17) is 0 Å². The number of benzene rings is 2. The first-order valence-corrected chi connectivity index (χ1v) is 10.7. The van der Waals surface area contributed by atoms with E-state index >= 15 is 0 Å². The monoisotopic (exact) mass is 402 g/mol. The van der Waals surface area contributed by atoms with Crippen LogP contribution >= 0.6 is 11.3 Å². The molecule has 0 bridgehead atoms. The van der Waals surface area contributed by atoms with E-state index in [1.165, 1.54) is 17.0 Å². The number of amides is 1. The van der Waals surface area contributed by atoms with E-state index in [2.05, 4.69) is 34.3 Å². The zero-order valence-corrected chi connectivity index (χ0v) is 17.1. The fourth-order valence-electron chi connectivity index (χ4n) is 3.86. The van der Waals surface area contributed by atoms with Crippen LogP contribution in [0.25, 0.3) is 15.9 Å². The topological polar surface area (TPSA) is 41.4 Å². The lowest BCUT2D eigenvalue weighted by Crippen LogP contribution is -2.48. The molecule has 1 aliphatic heterocycles. The second-order valence-corrected chi connectivity index (χ2v) is 8.31. The summed E-state index contributed by atoms with van der Waals surface area (Å²) in [6, 6.07) is 22.5. The van der Waals surface area contributed by atoms with Crippen LogP contribution in [0, 0.1) is 6.92 Å². The zero-order chi connectivity index (χ0) is 19.8. The van der Waals surface area contributed by atoms with Gasteiger partial charge >= 0.3 is 0 Å². The molecule has 146 valence electrons. The molecule has 3 heterocycles. The number of carbonyl (C=O) groups excluding carboxylic acids is 1. The van der Waals surface area contributed by atoms with Crippen molar-refractivity contribution in [3.05, 3.63) is 77.3 Å². The number of thiophene rings is 1. The van der Waals surface area contributed by atoms with Crippen LogP contribution in [0.3, 0.4) is 0 Å². The predicted molar refractivity (Wildman–Crippen MR) is 118 cm³/mol. The molecule has 2 aromatic heterocycles. The Morgan fingerprint density at radius 2 is 1.52 bits per heavy atom. The molecule has 0 unspecified atom stereocenters. The van der Waals surface area contributed by atoms with Gasteiger partial charge in [0.1, 0.15) is 4.83 Å². The van der Waals surface area contributed by atoms with Crippen molar-refractivity contribution < 1.29 is 4.79 Å². The third-order valence-corrected chi connectivity index (χ3v) is 6.54. The lowest BCUT2D eigenvalue weighted by molar-refractivity contribution is 0.0751. The first-order chi connectivity index (χ1) is 14.2. The molecule has 0 radical (unpaired) electrons. The van der Waals surface area contributed by atoms with Crippen molar-refractivity contribution in [3.8, 4) is 5.69 Å². The summed E-state index contributed by atoms with van der Waals surface area (Å²) in [7, 11) is 0. The number of anilines is 1. The van der Waals surface area contributed by atoms with Gasteiger partial charge in [0.05, 0.1) is 16.3 Å². The quantitative estimate of drug-likeness (QED) is 0.511. The van der Waals surface area contributed by atoms with Crippen molar-refractivity contribution in [1.82, 2.24) is 14.7 Å². The van der Waals surface area contributed by atoms with Crippen molar-refractivity contribution in [2.45, 2.75) is 6.92 Å². The maximum atomic E-state index is 13.2. The molecule has 1 aliphatic rings. The molecule has 1 fully saturated rings. The zero-order valence-electron chi connectivity index (χ0n) is 16.3. The molecule has 0 spiro atoms. The van der Waals surface area contributed by atoms with Crippen molar-refractivity contribution in [2.75, 3.05) is 31.1 Å². The van der Waals surface area contributed by atoms with Crippen molar-refractivity contribution in [2.24, 2.45) is 0 Å². The minimum atomic E-state index is 0.123. The fraction of sp³-hybridized carbons (Fsp3) is 0.217. The van der Waals surface area contributed by atoms with Gasteiger partial charge in [-0.1, -0.05) is 36.4 Å². The van der Waals surface area contributed by atoms with E-state index in [0.717, 1.165) is 52.7 Å². The largest absolute Gasteiger partial charge is 0.368 e. The summed E-state index contributed by atoms with van der Waals surface area (Å²) >= 11 is 1.53. The number of hydrogen-bond acceptors (Lipinski definition) is 4. The van der Waals surface area contributed by atoms with E-state index < -0.39 is 0 Å². The Bertz CT molecular complexity index is 1140. The number of aryl methyl sites for hydroxylation is 1. The summed E-state index contributed by atoms with van der Waals surface area (Å²) in [5.74, 6) is 0.123. The number of carbonyl (C=O) groups is 1. The van der Waals surface area contributed by atoms with Gasteiger partial charge in [-0.2, -0.15) is 5.10 Å². The van der Waals surface area contributed by atoms with Gasteiger partial charge in [-0.25, -0.2) is 4.68 Å². The molecule has 5 nitrogen and oxygen atoms in total.